The maximum absolute atomic E-state index is 13.2. The average molecular weight is 338 g/mol. The smallest absolute Gasteiger partial charge is 0.410 e. The Morgan fingerprint density at radius 3 is 2.50 bits per heavy atom. The van der Waals surface area contributed by atoms with Crippen molar-refractivity contribution < 1.29 is 19.1 Å². The van der Waals surface area contributed by atoms with E-state index in [0.717, 1.165) is 32.1 Å². The number of morpholine rings is 1. The van der Waals surface area contributed by atoms with Crippen molar-refractivity contribution in [2.24, 2.45) is 0 Å². The highest BCUT2D eigenvalue weighted by molar-refractivity contribution is 5.86. The normalized spacial score (nSPS) is 30.9. The number of hydrogen-bond donors (Lipinski definition) is 0. The number of carbonyl (C=O) groups excluding carboxylic acids is 2. The SMILES string of the molecule is CC(C)(C)OC(=O)N1CCC[C@H]1C(=O)N1CCO[C@@H]2CCCC[C@@H]21. The second-order valence-corrected chi connectivity index (χ2v) is 8.12. The van der Waals surface area contributed by atoms with E-state index in [9.17, 15) is 9.59 Å². The number of carbonyl (C=O) groups is 2. The zero-order chi connectivity index (χ0) is 17.3. The molecule has 3 rings (SSSR count). The molecule has 0 aromatic rings. The van der Waals surface area contributed by atoms with Crippen LogP contribution >= 0.6 is 0 Å². The highest BCUT2D eigenvalue weighted by atomic mass is 16.6. The van der Waals surface area contributed by atoms with Crippen LogP contribution in [-0.4, -0.2) is 65.3 Å². The molecule has 0 aromatic heterocycles. The van der Waals surface area contributed by atoms with Gasteiger partial charge in [-0.2, -0.15) is 0 Å². The quantitative estimate of drug-likeness (QED) is 0.737. The lowest BCUT2D eigenvalue weighted by atomic mass is 9.89. The predicted molar refractivity (Wildman–Crippen MR) is 89.7 cm³/mol. The molecule has 0 bridgehead atoms. The fourth-order valence-electron chi connectivity index (χ4n) is 4.12. The summed E-state index contributed by atoms with van der Waals surface area (Å²) < 4.78 is 11.4. The summed E-state index contributed by atoms with van der Waals surface area (Å²) >= 11 is 0. The van der Waals surface area contributed by atoms with Crippen LogP contribution in [0.2, 0.25) is 0 Å². The molecule has 0 spiro atoms. The monoisotopic (exact) mass is 338 g/mol. The van der Waals surface area contributed by atoms with Crippen LogP contribution in [0, 0.1) is 0 Å². The minimum atomic E-state index is -0.541. The van der Waals surface area contributed by atoms with E-state index in [1.807, 2.05) is 25.7 Å². The van der Waals surface area contributed by atoms with Crippen molar-refractivity contribution in [1.29, 1.82) is 0 Å². The molecule has 2 aliphatic heterocycles. The van der Waals surface area contributed by atoms with Crippen LogP contribution in [0.1, 0.15) is 59.3 Å². The Bertz CT molecular complexity index is 486. The molecule has 0 N–H and O–H groups in total. The Labute approximate surface area is 144 Å². The Balaban J connectivity index is 1.69. The minimum absolute atomic E-state index is 0.0820. The van der Waals surface area contributed by atoms with Gasteiger partial charge in [0.1, 0.15) is 11.6 Å². The fraction of sp³-hybridized carbons (Fsp3) is 0.889. The van der Waals surface area contributed by atoms with Gasteiger partial charge < -0.3 is 14.4 Å². The first-order valence-electron chi connectivity index (χ1n) is 9.28. The third-order valence-electron chi connectivity index (χ3n) is 5.18. The Morgan fingerprint density at radius 1 is 1.00 bits per heavy atom. The van der Waals surface area contributed by atoms with Crippen molar-refractivity contribution in [1.82, 2.24) is 9.80 Å². The summed E-state index contributed by atoms with van der Waals surface area (Å²) in [5, 5.41) is 0. The van der Waals surface area contributed by atoms with E-state index in [4.69, 9.17) is 9.47 Å². The molecule has 6 heteroatoms. The van der Waals surface area contributed by atoms with Crippen LogP contribution < -0.4 is 0 Å². The summed E-state index contributed by atoms with van der Waals surface area (Å²) in [4.78, 5) is 29.2. The molecule has 3 atom stereocenters. The summed E-state index contributed by atoms with van der Waals surface area (Å²) in [5.74, 6) is 0.0820. The molecule has 24 heavy (non-hydrogen) atoms. The maximum atomic E-state index is 13.2. The predicted octanol–water partition coefficient (Wildman–Crippen LogP) is 2.56. The number of likely N-dealkylation sites (tertiary alicyclic amines) is 1. The van der Waals surface area contributed by atoms with E-state index in [0.29, 0.717) is 19.7 Å². The van der Waals surface area contributed by atoms with Crippen molar-refractivity contribution in [3.63, 3.8) is 0 Å². The number of rotatable bonds is 1. The van der Waals surface area contributed by atoms with Crippen LogP contribution in [0.25, 0.3) is 0 Å². The maximum Gasteiger partial charge on any atom is 0.410 e. The van der Waals surface area contributed by atoms with Gasteiger partial charge in [0.2, 0.25) is 5.91 Å². The highest BCUT2D eigenvalue weighted by Gasteiger charge is 2.43. The Hall–Kier alpha value is -1.30. The lowest BCUT2D eigenvalue weighted by Crippen LogP contribution is -2.59. The molecule has 2 amide bonds. The average Bonchev–Trinajstić information content (AvgIpc) is 3.02. The van der Waals surface area contributed by atoms with E-state index in [2.05, 4.69) is 0 Å². The number of nitrogens with zero attached hydrogens (tertiary/aromatic N) is 2. The van der Waals surface area contributed by atoms with Gasteiger partial charge in [-0.15, -0.1) is 0 Å². The number of hydrogen-bond acceptors (Lipinski definition) is 4. The molecule has 136 valence electrons. The van der Waals surface area contributed by atoms with Gasteiger partial charge >= 0.3 is 6.09 Å². The van der Waals surface area contributed by atoms with Gasteiger partial charge in [0.15, 0.2) is 0 Å². The highest BCUT2D eigenvalue weighted by Crippen LogP contribution is 2.31. The molecule has 1 saturated carbocycles. The molecular formula is C18H30N2O4. The van der Waals surface area contributed by atoms with E-state index >= 15 is 0 Å². The van der Waals surface area contributed by atoms with Crippen LogP contribution in [0.3, 0.4) is 0 Å². The van der Waals surface area contributed by atoms with Gasteiger partial charge in [-0.3, -0.25) is 9.69 Å². The zero-order valence-electron chi connectivity index (χ0n) is 15.1. The van der Waals surface area contributed by atoms with Crippen LogP contribution in [0.4, 0.5) is 4.79 Å². The molecule has 2 saturated heterocycles. The van der Waals surface area contributed by atoms with E-state index in [-0.39, 0.29) is 30.2 Å². The topological polar surface area (TPSA) is 59.1 Å². The molecule has 6 nitrogen and oxygen atoms in total. The van der Waals surface area contributed by atoms with Crippen molar-refractivity contribution in [3.8, 4) is 0 Å². The standard InChI is InChI=1S/C18H30N2O4/c1-18(2,3)24-17(22)20-10-6-8-14(20)16(21)19-11-12-23-15-9-5-4-7-13(15)19/h13-15H,4-12H2,1-3H3/t13-,14-,15+/m0/s1. The van der Waals surface area contributed by atoms with Gasteiger partial charge in [-0.1, -0.05) is 12.8 Å². The lowest BCUT2D eigenvalue weighted by Gasteiger charge is -2.45. The summed E-state index contributed by atoms with van der Waals surface area (Å²) in [6.07, 6.45) is 5.76. The molecule has 3 fully saturated rings. The van der Waals surface area contributed by atoms with Gasteiger partial charge in [0, 0.05) is 13.1 Å². The van der Waals surface area contributed by atoms with Gasteiger partial charge in [0.25, 0.3) is 0 Å². The molecule has 0 aromatic carbocycles. The van der Waals surface area contributed by atoms with Crippen molar-refractivity contribution in [2.75, 3.05) is 19.7 Å². The first-order chi connectivity index (χ1) is 11.4. The van der Waals surface area contributed by atoms with E-state index in [1.165, 1.54) is 6.42 Å². The first-order valence-corrected chi connectivity index (χ1v) is 9.28. The molecule has 2 heterocycles. The second-order valence-electron chi connectivity index (χ2n) is 8.12. The van der Waals surface area contributed by atoms with Crippen molar-refractivity contribution >= 4 is 12.0 Å². The van der Waals surface area contributed by atoms with E-state index < -0.39 is 5.60 Å². The third-order valence-corrected chi connectivity index (χ3v) is 5.18. The summed E-state index contributed by atoms with van der Waals surface area (Å²) in [6.45, 7) is 7.40. The Kier molecular flexibility index (Phi) is 5.04. The first kappa shape index (κ1) is 17.5. The molecule has 1 aliphatic carbocycles. The lowest BCUT2D eigenvalue weighted by molar-refractivity contribution is -0.153. The molecular weight excluding hydrogens is 308 g/mol. The van der Waals surface area contributed by atoms with Crippen LogP contribution in [0.15, 0.2) is 0 Å². The molecule has 0 radical (unpaired) electrons. The van der Waals surface area contributed by atoms with Crippen LogP contribution in [-0.2, 0) is 14.3 Å². The number of fused-ring (bicyclic) bond motifs is 1. The molecule has 3 aliphatic rings. The van der Waals surface area contributed by atoms with Crippen molar-refractivity contribution in [3.05, 3.63) is 0 Å². The summed E-state index contributed by atoms with van der Waals surface area (Å²) in [5.41, 5.74) is -0.541. The fourth-order valence-corrected chi connectivity index (χ4v) is 4.12. The summed E-state index contributed by atoms with van der Waals surface area (Å²) in [6, 6.07) is -0.193. The third kappa shape index (κ3) is 3.68. The second kappa shape index (κ2) is 6.90. The Morgan fingerprint density at radius 2 is 1.75 bits per heavy atom. The zero-order valence-corrected chi connectivity index (χ0v) is 15.1. The minimum Gasteiger partial charge on any atom is -0.444 e. The van der Waals surface area contributed by atoms with Gasteiger partial charge in [-0.05, 0) is 46.5 Å². The number of ether oxygens (including phenoxy) is 2. The molecule has 0 unspecified atom stereocenters. The van der Waals surface area contributed by atoms with Gasteiger partial charge in [0.05, 0.1) is 18.8 Å². The van der Waals surface area contributed by atoms with Crippen LogP contribution in [0.5, 0.6) is 0 Å². The van der Waals surface area contributed by atoms with Crippen molar-refractivity contribution in [2.45, 2.75) is 83.1 Å². The van der Waals surface area contributed by atoms with Gasteiger partial charge in [-0.25, -0.2) is 4.79 Å². The summed E-state index contributed by atoms with van der Waals surface area (Å²) in [7, 11) is 0. The van der Waals surface area contributed by atoms with E-state index in [1.54, 1.807) is 4.90 Å². The number of amides is 2. The largest absolute Gasteiger partial charge is 0.444 e.